The predicted octanol–water partition coefficient (Wildman–Crippen LogP) is 1.59. The molecule has 1 unspecified atom stereocenters. The zero-order valence-electron chi connectivity index (χ0n) is 16.5. The second-order valence-electron chi connectivity index (χ2n) is 7.35. The van der Waals surface area contributed by atoms with Crippen LogP contribution in [0.1, 0.15) is 12.8 Å². The molecule has 3 rings (SSSR count). The molecule has 0 bridgehead atoms. The number of rotatable bonds is 7. The lowest BCUT2D eigenvalue weighted by Gasteiger charge is -2.24. The van der Waals surface area contributed by atoms with E-state index in [4.69, 9.17) is 4.74 Å². The van der Waals surface area contributed by atoms with Gasteiger partial charge in [0.1, 0.15) is 12.3 Å². The van der Waals surface area contributed by atoms with Gasteiger partial charge >= 0.3 is 0 Å². The summed E-state index contributed by atoms with van der Waals surface area (Å²) in [5.41, 5.74) is 0. The van der Waals surface area contributed by atoms with Crippen molar-refractivity contribution in [2.24, 2.45) is 5.92 Å². The molecule has 10 heteroatoms. The maximum Gasteiger partial charge on any atom is 0.257 e. The molecule has 1 aromatic rings. The number of ether oxygens (including phenoxy) is 1. The summed E-state index contributed by atoms with van der Waals surface area (Å²) >= 11 is 1.43. The smallest absolute Gasteiger partial charge is 0.257 e. The van der Waals surface area contributed by atoms with Gasteiger partial charge in [-0.15, -0.1) is 11.8 Å². The first-order valence-electron chi connectivity index (χ1n) is 9.81. The van der Waals surface area contributed by atoms with Crippen molar-refractivity contribution < 1.29 is 27.9 Å². The van der Waals surface area contributed by atoms with E-state index in [1.807, 2.05) is 6.07 Å². The molecule has 2 saturated heterocycles. The number of likely N-dealkylation sites (tertiary alicyclic amines) is 1. The molecule has 1 N–H and O–H groups in total. The van der Waals surface area contributed by atoms with Crippen molar-refractivity contribution in [3.63, 3.8) is 0 Å². The number of nitrogens with one attached hydrogen (secondary N) is 1. The summed E-state index contributed by atoms with van der Waals surface area (Å²) in [6.45, 7) is -0.412. The van der Waals surface area contributed by atoms with Gasteiger partial charge in [-0.1, -0.05) is 18.2 Å². The number of amides is 3. The molecule has 0 aliphatic carbocycles. The van der Waals surface area contributed by atoms with Crippen LogP contribution in [-0.2, 0) is 14.4 Å². The van der Waals surface area contributed by atoms with Crippen molar-refractivity contribution in [2.45, 2.75) is 18.8 Å². The van der Waals surface area contributed by atoms with Crippen LogP contribution < -0.4 is 10.1 Å². The van der Waals surface area contributed by atoms with Crippen molar-refractivity contribution in [1.82, 2.24) is 15.1 Å². The first-order valence-corrected chi connectivity index (χ1v) is 11.0. The molecule has 2 aliphatic heterocycles. The van der Waals surface area contributed by atoms with E-state index >= 15 is 0 Å². The van der Waals surface area contributed by atoms with Crippen LogP contribution in [0.2, 0.25) is 0 Å². The Hall–Kier alpha value is -2.36. The van der Waals surface area contributed by atoms with Crippen molar-refractivity contribution in [3.8, 4) is 5.75 Å². The van der Waals surface area contributed by atoms with E-state index in [0.29, 0.717) is 17.4 Å². The Labute approximate surface area is 178 Å². The molecule has 0 spiro atoms. The van der Waals surface area contributed by atoms with Gasteiger partial charge in [0.2, 0.25) is 11.8 Å². The zero-order valence-corrected chi connectivity index (χ0v) is 17.3. The summed E-state index contributed by atoms with van der Waals surface area (Å²) in [6.07, 6.45) is -0.399. The fraction of sp³-hybridized carbons (Fsp3) is 0.550. The first-order chi connectivity index (χ1) is 14.3. The number of para-hydroxylation sites is 1. The number of carbonyl (C=O) groups is 3. The van der Waals surface area contributed by atoms with Crippen molar-refractivity contribution in [3.05, 3.63) is 30.3 Å². The standard InChI is InChI=1S/C20H25F2N3O4S/c21-20(22)7-9-24(18(27)11-25-14-30-13-19(25)28)8-6-15(20)10-23-17(26)12-29-16-4-2-1-3-5-16/h1-5,15H,6-14H2,(H,23,26). The molecule has 7 nitrogen and oxygen atoms in total. The molecule has 0 saturated carbocycles. The molecule has 1 atom stereocenters. The summed E-state index contributed by atoms with van der Waals surface area (Å²) in [5.74, 6) is -3.64. The molecular weight excluding hydrogens is 416 g/mol. The maximum absolute atomic E-state index is 14.5. The summed E-state index contributed by atoms with van der Waals surface area (Å²) in [4.78, 5) is 38.9. The van der Waals surface area contributed by atoms with Crippen LogP contribution in [0, 0.1) is 5.92 Å². The average molecular weight is 442 g/mol. The molecule has 2 aliphatic rings. The van der Waals surface area contributed by atoms with Gasteiger partial charge in [-0.05, 0) is 18.6 Å². The highest BCUT2D eigenvalue weighted by Gasteiger charge is 2.42. The van der Waals surface area contributed by atoms with Gasteiger partial charge in [0.25, 0.3) is 11.8 Å². The van der Waals surface area contributed by atoms with Gasteiger partial charge < -0.3 is 19.9 Å². The zero-order chi connectivity index (χ0) is 21.6. The molecule has 3 amide bonds. The third kappa shape index (κ3) is 6.07. The van der Waals surface area contributed by atoms with Crippen LogP contribution in [0.5, 0.6) is 5.75 Å². The minimum atomic E-state index is -3.00. The van der Waals surface area contributed by atoms with Crippen LogP contribution in [-0.4, -0.2) is 77.9 Å². The van der Waals surface area contributed by atoms with E-state index in [1.165, 1.54) is 21.6 Å². The van der Waals surface area contributed by atoms with Crippen LogP contribution in [0.3, 0.4) is 0 Å². The second-order valence-corrected chi connectivity index (χ2v) is 8.31. The number of hydrogen-bond donors (Lipinski definition) is 1. The number of benzene rings is 1. The van der Waals surface area contributed by atoms with Gasteiger partial charge in [0.05, 0.1) is 11.6 Å². The third-order valence-electron chi connectivity index (χ3n) is 5.22. The summed E-state index contributed by atoms with van der Waals surface area (Å²) in [5, 5.41) is 2.51. The molecule has 30 heavy (non-hydrogen) atoms. The van der Waals surface area contributed by atoms with E-state index in [-0.39, 0.29) is 51.0 Å². The number of alkyl halides is 2. The number of carbonyl (C=O) groups excluding carboxylic acids is 3. The van der Waals surface area contributed by atoms with Crippen molar-refractivity contribution >= 4 is 29.5 Å². The summed E-state index contributed by atoms with van der Waals surface area (Å²) in [7, 11) is 0. The van der Waals surface area contributed by atoms with Crippen LogP contribution in [0.4, 0.5) is 8.78 Å². The second kappa shape index (κ2) is 10.1. The van der Waals surface area contributed by atoms with E-state index in [9.17, 15) is 23.2 Å². The van der Waals surface area contributed by atoms with Gasteiger partial charge in [-0.2, -0.15) is 0 Å². The van der Waals surface area contributed by atoms with Crippen LogP contribution in [0.15, 0.2) is 30.3 Å². The van der Waals surface area contributed by atoms with Gasteiger partial charge in [-0.25, -0.2) is 8.78 Å². The molecule has 2 heterocycles. The number of nitrogens with zero attached hydrogens (tertiary/aromatic N) is 2. The Kier molecular flexibility index (Phi) is 7.52. The highest BCUT2D eigenvalue weighted by molar-refractivity contribution is 8.00. The quantitative estimate of drug-likeness (QED) is 0.695. The molecule has 1 aromatic carbocycles. The SMILES string of the molecule is O=C(COc1ccccc1)NCC1CCN(C(=O)CN2CSCC2=O)CCC1(F)F. The van der Waals surface area contributed by atoms with Gasteiger partial charge in [0.15, 0.2) is 6.61 Å². The Morgan fingerprint density at radius 3 is 2.70 bits per heavy atom. The van der Waals surface area contributed by atoms with Crippen LogP contribution in [0.25, 0.3) is 0 Å². The minimum Gasteiger partial charge on any atom is -0.484 e. The monoisotopic (exact) mass is 441 g/mol. The summed E-state index contributed by atoms with van der Waals surface area (Å²) < 4.78 is 34.4. The van der Waals surface area contributed by atoms with Crippen molar-refractivity contribution in [2.75, 3.05) is 44.4 Å². The predicted molar refractivity (Wildman–Crippen MR) is 108 cm³/mol. The topological polar surface area (TPSA) is 79.0 Å². The van der Waals surface area contributed by atoms with E-state index in [2.05, 4.69) is 5.32 Å². The van der Waals surface area contributed by atoms with Gasteiger partial charge in [0, 0.05) is 32.0 Å². The first kappa shape index (κ1) is 22.3. The molecule has 0 aromatic heterocycles. The lowest BCUT2D eigenvalue weighted by atomic mass is 9.96. The normalized spacial score (nSPS) is 21.3. The van der Waals surface area contributed by atoms with Crippen molar-refractivity contribution in [1.29, 1.82) is 0 Å². The lowest BCUT2D eigenvalue weighted by Crippen LogP contribution is -2.41. The molecule has 0 radical (unpaired) electrons. The fourth-order valence-corrected chi connectivity index (χ4v) is 4.28. The molecule has 2 fully saturated rings. The highest BCUT2D eigenvalue weighted by Crippen LogP contribution is 2.33. The van der Waals surface area contributed by atoms with E-state index < -0.39 is 24.2 Å². The minimum absolute atomic E-state index is 0.0669. The Balaban J connectivity index is 1.46. The third-order valence-corrected chi connectivity index (χ3v) is 6.17. The maximum atomic E-state index is 14.5. The number of hydrogen-bond acceptors (Lipinski definition) is 5. The molecule has 164 valence electrons. The van der Waals surface area contributed by atoms with Crippen LogP contribution >= 0.6 is 11.8 Å². The highest BCUT2D eigenvalue weighted by atomic mass is 32.2. The number of thioether (sulfide) groups is 1. The Morgan fingerprint density at radius 2 is 2.00 bits per heavy atom. The largest absolute Gasteiger partial charge is 0.484 e. The van der Waals surface area contributed by atoms with E-state index in [0.717, 1.165) is 0 Å². The Morgan fingerprint density at radius 1 is 1.23 bits per heavy atom. The van der Waals surface area contributed by atoms with E-state index in [1.54, 1.807) is 24.3 Å². The van der Waals surface area contributed by atoms with Gasteiger partial charge in [-0.3, -0.25) is 14.4 Å². The molecular formula is C20H25F2N3O4S. The summed E-state index contributed by atoms with van der Waals surface area (Å²) in [6, 6.07) is 8.76. The average Bonchev–Trinajstić information content (AvgIpc) is 3.05. The number of halogens is 2. The lowest BCUT2D eigenvalue weighted by molar-refractivity contribution is -0.138. The fourth-order valence-electron chi connectivity index (χ4n) is 3.38. The Bertz CT molecular complexity index is 766.